The van der Waals surface area contributed by atoms with Crippen molar-refractivity contribution in [2.24, 2.45) is 5.41 Å². The normalized spacial score (nSPS) is 20.9. The van der Waals surface area contributed by atoms with E-state index in [4.69, 9.17) is 0 Å². The van der Waals surface area contributed by atoms with Gasteiger partial charge in [-0.05, 0) is 43.5 Å². The van der Waals surface area contributed by atoms with Gasteiger partial charge in [-0.1, -0.05) is 0 Å². The summed E-state index contributed by atoms with van der Waals surface area (Å²) >= 11 is 0. The van der Waals surface area contributed by atoms with Crippen LogP contribution >= 0.6 is 0 Å². The van der Waals surface area contributed by atoms with Crippen LogP contribution in [0.15, 0.2) is 24.3 Å². The third kappa shape index (κ3) is 3.93. The van der Waals surface area contributed by atoms with Crippen molar-refractivity contribution in [3.63, 3.8) is 0 Å². The van der Waals surface area contributed by atoms with Gasteiger partial charge in [-0.3, -0.25) is 14.4 Å². The van der Waals surface area contributed by atoms with Crippen LogP contribution in [0.25, 0.3) is 0 Å². The SMILES string of the molecule is O=C(Nc1ccc(F)cc1)[C@@H](O)[C@H](O)C(=O)N1CCC2(CCNC2=O)CC1. The molecular weight excluding hydrogens is 357 g/mol. The first-order chi connectivity index (χ1) is 12.8. The van der Waals surface area contributed by atoms with Crippen LogP contribution in [-0.2, 0) is 14.4 Å². The second-order valence-electron chi connectivity index (χ2n) is 7.00. The Kier molecular flexibility index (Phi) is 5.43. The highest BCUT2D eigenvalue weighted by molar-refractivity contribution is 5.98. The van der Waals surface area contributed by atoms with Crippen molar-refractivity contribution in [1.29, 1.82) is 0 Å². The molecule has 8 nitrogen and oxygen atoms in total. The number of hydrogen-bond acceptors (Lipinski definition) is 5. The molecule has 2 atom stereocenters. The molecule has 2 fully saturated rings. The van der Waals surface area contributed by atoms with Crippen molar-refractivity contribution in [3.05, 3.63) is 30.1 Å². The van der Waals surface area contributed by atoms with Crippen LogP contribution in [0.3, 0.4) is 0 Å². The number of anilines is 1. The van der Waals surface area contributed by atoms with E-state index in [0.29, 0.717) is 19.4 Å². The van der Waals surface area contributed by atoms with Gasteiger partial charge < -0.3 is 25.7 Å². The number of carbonyl (C=O) groups is 3. The molecule has 27 heavy (non-hydrogen) atoms. The Labute approximate surface area is 155 Å². The van der Waals surface area contributed by atoms with Crippen molar-refractivity contribution in [1.82, 2.24) is 10.2 Å². The summed E-state index contributed by atoms with van der Waals surface area (Å²) in [5.41, 5.74) is -0.229. The molecule has 1 aromatic carbocycles. The number of nitrogens with one attached hydrogen (secondary N) is 2. The fourth-order valence-corrected chi connectivity index (χ4v) is 3.56. The number of nitrogens with zero attached hydrogens (tertiary/aromatic N) is 1. The predicted molar refractivity (Wildman–Crippen MR) is 92.9 cm³/mol. The van der Waals surface area contributed by atoms with Gasteiger partial charge in [-0.25, -0.2) is 4.39 Å². The van der Waals surface area contributed by atoms with E-state index in [-0.39, 0.29) is 24.7 Å². The minimum Gasteiger partial charge on any atom is -0.380 e. The molecule has 2 heterocycles. The minimum absolute atomic E-state index is 0.00569. The summed E-state index contributed by atoms with van der Waals surface area (Å²) in [6.45, 7) is 1.17. The number of aliphatic hydroxyl groups excluding tert-OH is 2. The number of aliphatic hydroxyl groups is 2. The molecule has 0 radical (unpaired) electrons. The van der Waals surface area contributed by atoms with Crippen LogP contribution in [0.2, 0.25) is 0 Å². The molecular formula is C18H22FN3O5. The van der Waals surface area contributed by atoms with E-state index < -0.39 is 35.3 Å². The van der Waals surface area contributed by atoms with E-state index in [1.54, 1.807) is 0 Å². The topological polar surface area (TPSA) is 119 Å². The lowest BCUT2D eigenvalue weighted by molar-refractivity contribution is -0.154. The quantitative estimate of drug-likeness (QED) is 0.568. The molecule has 0 bridgehead atoms. The molecule has 0 aliphatic carbocycles. The lowest BCUT2D eigenvalue weighted by atomic mass is 9.77. The molecule has 3 rings (SSSR count). The average Bonchev–Trinajstić information content (AvgIpc) is 3.02. The number of halogens is 1. The second kappa shape index (κ2) is 7.61. The highest BCUT2D eigenvalue weighted by Crippen LogP contribution is 2.38. The van der Waals surface area contributed by atoms with Gasteiger partial charge in [-0.2, -0.15) is 0 Å². The van der Waals surface area contributed by atoms with E-state index in [0.717, 1.165) is 18.6 Å². The minimum atomic E-state index is -1.96. The molecule has 0 aromatic heterocycles. The van der Waals surface area contributed by atoms with Gasteiger partial charge in [0, 0.05) is 25.3 Å². The van der Waals surface area contributed by atoms with Gasteiger partial charge in [-0.15, -0.1) is 0 Å². The molecule has 0 unspecified atom stereocenters. The number of piperidine rings is 1. The molecule has 0 saturated carbocycles. The third-order valence-corrected chi connectivity index (χ3v) is 5.34. The second-order valence-corrected chi connectivity index (χ2v) is 7.00. The zero-order valence-electron chi connectivity index (χ0n) is 14.7. The van der Waals surface area contributed by atoms with E-state index in [1.807, 2.05) is 0 Å². The Hall–Kier alpha value is -2.52. The van der Waals surface area contributed by atoms with Crippen LogP contribution in [0.1, 0.15) is 19.3 Å². The molecule has 1 spiro atoms. The molecule has 9 heteroatoms. The van der Waals surface area contributed by atoms with Crippen molar-refractivity contribution < 1.29 is 29.0 Å². The molecule has 3 amide bonds. The monoisotopic (exact) mass is 379 g/mol. The van der Waals surface area contributed by atoms with Crippen LogP contribution < -0.4 is 10.6 Å². The summed E-state index contributed by atoms with van der Waals surface area (Å²) in [6, 6.07) is 4.86. The van der Waals surface area contributed by atoms with Gasteiger partial charge in [0.05, 0.1) is 5.41 Å². The molecule has 1 aromatic rings. The predicted octanol–water partition coefficient (Wildman–Crippen LogP) is -0.385. The lowest BCUT2D eigenvalue weighted by Gasteiger charge is -2.38. The first kappa shape index (κ1) is 19.2. The summed E-state index contributed by atoms with van der Waals surface area (Å²) in [6.07, 6.45) is -2.20. The zero-order valence-corrected chi connectivity index (χ0v) is 14.7. The smallest absolute Gasteiger partial charge is 0.256 e. The maximum absolute atomic E-state index is 12.9. The van der Waals surface area contributed by atoms with Crippen molar-refractivity contribution >= 4 is 23.4 Å². The van der Waals surface area contributed by atoms with Crippen molar-refractivity contribution in [3.8, 4) is 0 Å². The van der Waals surface area contributed by atoms with Gasteiger partial charge in [0.1, 0.15) is 5.82 Å². The average molecular weight is 379 g/mol. The van der Waals surface area contributed by atoms with Crippen LogP contribution in [0.4, 0.5) is 10.1 Å². The van der Waals surface area contributed by atoms with Crippen LogP contribution in [0.5, 0.6) is 0 Å². The zero-order chi connectivity index (χ0) is 19.6. The number of rotatable bonds is 4. The summed E-state index contributed by atoms with van der Waals surface area (Å²) in [5, 5.41) is 25.2. The fraction of sp³-hybridized carbons (Fsp3) is 0.500. The summed E-state index contributed by atoms with van der Waals surface area (Å²) < 4.78 is 12.9. The highest BCUT2D eigenvalue weighted by Gasteiger charge is 2.46. The summed E-state index contributed by atoms with van der Waals surface area (Å²) in [5.74, 6) is -2.22. The Morgan fingerprint density at radius 1 is 1.11 bits per heavy atom. The van der Waals surface area contributed by atoms with Crippen molar-refractivity contribution in [2.45, 2.75) is 31.5 Å². The van der Waals surface area contributed by atoms with E-state index >= 15 is 0 Å². The first-order valence-corrected chi connectivity index (χ1v) is 8.82. The van der Waals surface area contributed by atoms with Gasteiger partial charge in [0.2, 0.25) is 5.91 Å². The van der Waals surface area contributed by atoms with E-state index in [9.17, 15) is 29.0 Å². The third-order valence-electron chi connectivity index (χ3n) is 5.34. The lowest BCUT2D eigenvalue weighted by Crippen LogP contribution is -2.53. The van der Waals surface area contributed by atoms with Crippen LogP contribution in [-0.4, -0.2) is 64.7 Å². The van der Waals surface area contributed by atoms with E-state index in [1.165, 1.54) is 17.0 Å². The van der Waals surface area contributed by atoms with Gasteiger partial charge >= 0.3 is 0 Å². The van der Waals surface area contributed by atoms with Gasteiger partial charge in [0.25, 0.3) is 11.8 Å². The first-order valence-electron chi connectivity index (χ1n) is 8.82. The Morgan fingerprint density at radius 2 is 1.74 bits per heavy atom. The standard InChI is InChI=1S/C18H22FN3O5/c19-11-1-3-12(4-2-11)21-15(25)13(23)14(24)16(26)22-9-6-18(7-10-22)5-8-20-17(18)27/h1-4,13-14,23-24H,5-10H2,(H,20,27)(H,21,25)/t13-,14-/m0/s1. The van der Waals surface area contributed by atoms with Crippen LogP contribution in [0, 0.1) is 11.2 Å². The summed E-state index contributed by atoms with van der Waals surface area (Å²) in [4.78, 5) is 37.8. The number of benzene rings is 1. The molecule has 2 aliphatic heterocycles. The Morgan fingerprint density at radius 3 is 2.30 bits per heavy atom. The number of amides is 3. The summed E-state index contributed by atoms with van der Waals surface area (Å²) in [7, 11) is 0. The maximum Gasteiger partial charge on any atom is 0.256 e. The van der Waals surface area contributed by atoms with E-state index in [2.05, 4.69) is 10.6 Å². The highest BCUT2D eigenvalue weighted by atomic mass is 19.1. The van der Waals surface area contributed by atoms with Gasteiger partial charge in [0.15, 0.2) is 12.2 Å². The molecule has 4 N–H and O–H groups in total. The maximum atomic E-state index is 12.9. The molecule has 2 saturated heterocycles. The number of hydrogen-bond donors (Lipinski definition) is 4. The number of likely N-dealkylation sites (tertiary alicyclic amines) is 1. The largest absolute Gasteiger partial charge is 0.380 e. The number of carbonyl (C=O) groups excluding carboxylic acids is 3. The molecule has 2 aliphatic rings. The Balaban J connectivity index is 1.55. The van der Waals surface area contributed by atoms with Crippen molar-refractivity contribution in [2.75, 3.05) is 25.0 Å². The molecule has 146 valence electrons. The fourth-order valence-electron chi connectivity index (χ4n) is 3.56. The Bertz CT molecular complexity index is 731.